The molecule has 1 rings (SSSR count). The highest BCUT2D eigenvalue weighted by molar-refractivity contribution is 6.33. The zero-order chi connectivity index (χ0) is 16.9. The largest absolute Gasteiger partial charge is 0.708 e. The van der Waals surface area contributed by atoms with Crippen LogP contribution < -0.4 is 15.1 Å². The van der Waals surface area contributed by atoms with E-state index in [1.54, 1.807) is 6.92 Å². The van der Waals surface area contributed by atoms with Crippen LogP contribution in [0, 0.1) is 5.92 Å². The van der Waals surface area contributed by atoms with Crippen molar-refractivity contribution in [1.82, 2.24) is 4.98 Å². The molecule has 1 atom stereocenters. The van der Waals surface area contributed by atoms with Gasteiger partial charge < -0.3 is 25.2 Å². The number of halogens is 2. The number of nitrogens with two attached hydrogens (primary N) is 1. The Kier molecular flexibility index (Phi) is 6.52. The minimum absolute atomic E-state index is 0.0510. The third-order valence-corrected chi connectivity index (χ3v) is 2.73. The van der Waals surface area contributed by atoms with E-state index in [9.17, 15) is 8.78 Å². The van der Waals surface area contributed by atoms with Gasteiger partial charge in [0.2, 0.25) is 0 Å². The van der Waals surface area contributed by atoms with Crippen LogP contribution in [0.4, 0.5) is 8.78 Å². The molecule has 4 N–H and O–H groups in total. The van der Waals surface area contributed by atoms with Gasteiger partial charge in [0, 0.05) is 11.6 Å². The van der Waals surface area contributed by atoms with E-state index in [4.69, 9.17) is 20.5 Å². The lowest BCUT2D eigenvalue weighted by Gasteiger charge is -2.27. The Morgan fingerprint density at radius 1 is 1.36 bits per heavy atom. The molecular weight excluding hydrogens is 297 g/mol. The molecule has 0 aliphatic heterocycles. The summed E-state index contributed by atoms with van der Waals surface area (Å²) in [7, 11) is -2.14. The second-order valence-corrected chi connectivity index (χ2v) is 5.82. The third-order valence-electron chi connectivity index (χ3n) is 2.73. The molecule has 1 aromatic heterocycles. The van der Waals surface area contributed by atoms with Gasteiger partial charge in [0.05, 0.1) is 0 Å². The van der Waals surface area contributed by atoms with E-state index in [-0.39, 0.29) is 18.2 Å². The fourth-order valence-electron chi connectivity index (χ4n) is 2.13. The summed E-state index contributed by atoms with van der Waals surface area (Å²) in [5, 5.41) is 17.3. The monoisotopic (exact) mass is 318 g/mol. The molecule has 0 amide bonds. The van der Waals surface area contributed by atoms with E-state index in [2.05, 4.69) is 9.64 Å². The Hall–Kier alpha value is -1.45. The quantitative estimate of drug-likeness (QED) is 0.629. The van der Waals surface area contributed by atoms with Gasteiger partial charge >= 0.3 is 7.32 Å². The zero-order valence-corrected chi connectivity index (χ0v) is 12.8. The van der Waals surface area contributed by atoms with Crippen molar-refractivity contribution in [3.8, 4) is 11.6 Å². The predicted octanol–water partition coefficient (Wildman–Crippen LogP) is 1.51. The van der Waals surface area contributed by atoms with E-state index in [1.807, 2.05) is 13.8 Å². The van der Waals surface area contributed by atoms with Crippen LogP contribution in [0.3, 0.4) is 0 Å². The first-order chi connectivity index (χ1) is 10.1. The smallest absolute Gasteiger partial charge is 0.498 e. The molecule has 6 nitrogen and oxygen atoms in total. The number of ether oxygens (including phenoxy) is 1. The van der Waals surface area contributed by atoms with Crippen molar-refractivity contribution in [2.24, 2.45) is 11.7 Å². The molecule has 0 aliphatic carbocycles. The Balaban J connectivity index is 2.85. The molecular formula is C13H21BF2N2O4. The fraction of sp³-hybridized carbons (Fsp3) is 0.615. The average molecular weight is 318 g/mol. The molecule has 0 saturated carbocycles. The van der Waals surface area contributed by atoms with Crippen LogP contribution in [0.2, 0.25) is 0 Å². The lowest BCUT2D eigenvalue weighted by molar-refractivity contribution is 0.133. The summed E-state index contributed by atoms with van der Waals surface area (Å²) in [5.41, 5.74) is 4.76. The number of hydrogen-bond donors (Lipinski definition) is 3. The number of rotatable bonds is 8. The van der Waals surface area contributed by atoms with Gasteiger partial charge in [0.25, 0.3) is 6.43 Å². The summed E-state index contributed by atoms with van der Waals surface area (Å²) >= 11 is 0. The molecule has 0 bridgehead atoms. The Bertz CT molecular complexity index is 487. The lowest BCUT2D eigenvalue weighted by Crippen LogP contribution is -2.43. The summed E-state index contributed by atoms with van der Waals surface area (Å²) in [6.07, 6.45) is -2.23. The maximum atomic E-state index is 13.0. The molecule has 1 aromatic rings. The van der Waals surface area contributed by atoms with Crippen LogP contribution in [0.15, 0.2) is 12.1 Å². The Morgan fingerprint density at radius 2 is 2.00 bits per heavy atom. The van der Waals surface area contributed by atoms with Crippen LogP contribution in [0.25, 0.3) is 0 Å². The molecule has 0 aromatic carbocycles. The van der Waals surface area contributed by atoms with Crippen LogP contribution in [0.5, 0.6) is 11.6 Å². The maximum Gasteiger partial charge on any atom is 0.708 e. The number of nitrogens with zero attached hydrogens (tertiary/aromatic N) is 1. The van der Waals surface area contributed by atoms with Gasteiger partial charge in [0.1, 0.15) is 12.4 Å². The number of alkyl halides is 2. The van der Waals surface area contributed by atoms with E-state index in [1.165, 1.54) is 12.1 Å². The van der Waals surface area contributed by atoms with Crippen molar-refractivity contribution in [3.05, 3.63) is 17.8 Å². The molecule has 0 aliphatic rings. The van der Waals surface area contributed by atoms with Crippen LogP contribution >= 0.6 is 0 Å². The first-order valence-corrected chi connectivity index (χ1v) is 6.84. The van der Waals surface area contributed by atoms with Crippen molar-refractivity contribution < 1.29 is 28.2 Å². The van der Waals surface area contributed by atoms with Gasteiger partial charge in [-0.3, -0.25) is 0 Å². The van der Waals surface area contributed by atoms with Crippen molar-refractivity contribution in [1.29, 1.82) is 0 Å². The van der Waals surface area contributed by atoms with Gasteiger partial charge in [-0.05, 0) is 25.3 Å². The summed E-state index contributed by atoms with van der Waals surface area (Å²) in [6.45, 7) is 5.84. The van der Waals surface area contributed by atoms with Crippen LogP contribution in [0.1, 0.15) is 39.3 Å². The van der Waals surface area contributed by atoms with Crippen molar-refractivity contribution >= 4 is 7.32 Å². The highest BCUT2D eigenvalue weighted by atomic mass is 19.3. The molecule has 0 radical (unpaired) electrons. The topological polar surface area (TPSA) is 97.8 Å². The Labute approximate surface area is 128 Å². The van der Waals surface area contributed by atoms with Gasteiger partial charge in [-0.25, -0.2) is 13.8 Å². The highest BCUT2D eigenvalue weighted by Gasteiger charge is 2.24. The predicted molar refractivity (Wildman–Crippen MR) is 77.6 cm³/mol. The number of hydrogen-bond acceptors (Lipinski definition) is 6. The molecule has 9 heteroatoms. The van der Waals surface area contributed by atoms with Crippen LogP contribution in [-0.4, -0.2) is 34.5 Å². The van der Waals surface area contributed by atoms with E-state index >= 15 is 0 Å². The van der Waals surface area contributed by atoms with Gasteiger partial charge in [-0.2, -0.15) is 0 Å². The number of pyridine rings is 1. The van der Waals surface area contributed by atoms with Crippen molar-refractivity contribution in [2.45, 2.75) is 39.2 Å². The fourth-order valence-corrected chi connectivity index (χ4v) is 2.13. The standard InChI is InChI=1S/C13H21BF2N2O4/c1-8(2)6-13(3,17)7-21-9-4-5-10(22-14(19)20)18-11(9)12(15)16/h4-5,8,12,19-20H,6-7,17H2,1-3H3/t13-/m0/s1. The SMILES string of the molecule is CC(C)C[C@](C)(N)COc1ccc(OB(O)O)nc1C(F)F. The maximum absolute atomic E-state index is 13.0. The second-order valence-electron chi connectivity index (χ2n) is 5.82. The van der Waals surface area contributed by atoms with E-state index in [0.717, 1.165) is 0 Å². The molecule has 124 valence electrons. The van der Waals surface area contributed by atoms with Crippen molar-refractivity contribution in [2.75, 3.05) is 6.61 Å². The van der Waals surface area contributed by atoms with Gasteiger partial charge in [-0.15, -0.1) is 0 Å². The molecule has 22 heavy (non-hydrogen) atoms. The first-order valence-electron chi connectivity index (χ1n) is 6.84. The minimum Gasteiger partial charge on any atom is -0.498 e. The molecule has 0 unspecified atom stereocenters. The van der Waals surface area contributed by atoms with Crippen LogP contribution in [-0.2, 0) is 0 Å². The summed E-state index contributed by atoms with van der Waals surface area (Å²) in [4.78, 5) is 3.52. The summed E-state index contributed by atoms with van der Waals surface area (Å²) in [6, 6.07) is 2.44. The highest BCUT2D eigenvalue weighted by Crippen LogP contribution is 2.30. The van der Waals surface area contributed by atoms with E-state index < -0.39 is 25.0 Å². The summed E-state index contributed by atoms with van der Waals surface area (Å²) < 4.78 is 35.9. The normalized spacial score (nSPS) is 14.1. The average Bonchev–Trinajstić information content (AvgIpc) is 2.34. The van der Waals surface area contributed by atoms with Gasteiger partial charge in [-0.1, -0.05) is 13.8 Å². The first kappa shape index (κ1) is 18.6. The molecule has 1 heterocycles. The van der Waals surface area contributed by atoms with Crippen molar-refractivity contribution in [3.63, 3.8) is 0 Å². The number of aromatic nitrogens is 1. The summed E-state index contributed by atoms with van der Waals surface area (Å²) in [5.74, 6) is -0.112. The molecule has 0 saturated heterocycles. The molecule has 0 fully saturated rings. The van der Waals surface area contributed by atoms with E-state index in [0.29, 0.717) is 12.3 Å². The third kappa shape index (κ3) is 6.12. The van der Waals surface area contributed by atoms with Gasteiger partial charge in [0.15, 0.2) is 11.6 Å². The minimum atomic E-state index is -2.90. The lowest BCUT2D eigenvalue weighted by atomic mass is 9.93. The second kappa shape index (κ2) is 7.71. The zero-order valence-electron chi connectivity index (χ0n) is 12.8. The molecule has 0 spiro atoms. The Morgan fingerprint density at radius 3 is 2.50 bits per heavy atom.